The number of carbonyl (C=O) groups excluding carboxylic acids is 1. The lowest BCUT2D eigenvalue weighted by Gasteiger charge is -2.18. The van der Waals surface area contributed by atoms with Gasteiger partial charge in [-0.2, -0.15) is 0 Å². The number of ether oxygens (including phenoxy) is 1. The first-order chi connectivity index (χ1) is 16.1. The van der Waals surface area contributed by atoms with E-state index in [0.29, 0.717) is 11.2 Å². The van der Waals surface area contributed by atoms with Crippen LogP contribution in [0, 0.1) is 0 Å². The fraction of sp³-hybridized carbons (Fsp3) is 0.240. The predicted molar refractivity (Wildman–Crippen MR) is 123 cm³/mol. The van der Waals surface area contributed by atoms with Gasteiger partial charge in [0.1, 0.15) is 18.2 Å². The van der Waals surface area contributed by atoms with Crippen LogP contribution in [0.4, 0.5) is 4.79 Å². The number of hydrogen-bond donors (Lipinski definition) is 4. The number of alkyl carbamates (subject to hydrolysis) is 1. The van der Waals surface area contributed by atoms with Crippen LogP contribution in [0.5, 0.6) is 0 Å². The predicted octanol–water partition coefficient (Wildman–Crippen LogP) is 3.28. The molecule has 0 spiro atoms. The maximum absolute atomic E-state index is 12.3. The van der Waals surface area contributed by atoms with E-state index in [1.807, 2.05) is 24.3 Å². The van der Waals surface area contributed by atoms with Crippen LogP contribution in [0.2, 0.25) is 0 Å². The average molecular weight is 444 g/mol. The van der Waals surface area contributed by atoms with Crippen molar-refractivity contribution in [3.63, 3.8) is 0 Å². The molecule has 0 fully saturated rings. The third kappa shape index (κ3) is 4.18. The number of aliphatic hydroxyl groups is 2. The maximum atomic E-state index is 12.3. The summed E-state index contributed by atoms with van der Waals surface area (Å²) in [5.74, 6) is -0.0162. The number of benzene rings is 2. The minimum Gasteiger partial charge on any atom is -0.449 e. The molecule has 2 atom stereocenters. The van der Waals surface area contributed by atoms with E-state index in [-0.39, 0.29) is 31.2 Å². The monoisotopic (exact) mass is 444 g/mol. The lowest BCUT2D eigenvalue weighted by atomic mass is 9.98. The highest BCUT2D eigenvalue weighted by atomic mass is 16.5. The summed E-state index contributed by atoms with van der Waals surface area (Å²) in [6.07, 6.45) is 0.386. The van der Waals surface area contributed by atoms with Crippen molar-refractivity contribution in [1.29, 1.82) is 0 Å². The summed E-state index contributed by atoms with van der Waals surface area (Å²) in [4.78, 5) is 23.6. The van der Waals surface area contributed by atoms with E-state index in [9.17, 15) is 15.0 Å². The molecule has 2 unspecified atom stereocenters. The van der Waals surface area contributed by atoms with Crippen LogP contribution in [-0.2, 0) is 4.74 Å². The lowest BCUT2D eigenvalue weighted by Crippen LogP contribution is -2.31. The van der Waals surface area contributed by atoms with Gasteiger partial charge in [0.05, 0.1) is 18.0 Å². The van der Waals surface area contributed by atoms with Crippen LogP contribution in [-0.4, -0.2) is 50.5 Å². The van der Waals surface area contributed by atoms with E-state index in [2.05, 4.69) is 44.5 Å². The van der Waals surface area contributed by atoms with Crippen LogP contribution in [0.3, 0.4) is 0 Å². The van der Waals surface area contributed by atoms with E-state index < -0.39 is 18.3 Å². The quantitative estimate of drug-likeness (QED) is 0.347. The molecule has 0 aliphatic heterocycles. The molecule has 0 radical (unpaired) electrons. The Bertz CT molecular complexity index is 1240. The zero-order valence-electron chi connectivity index (χ0n) is 17.8. The number of hydrogen-bond acceptors (Lipinski definition) is 6. The molecule has 0 saturated heterocycles. The van der Waals surface area contributed by atoms with Crippen molar-refractivity contribution in [2.75, 3.05) is 13.2 Å². The molecule has 33 heavy (non-hydrogen) atoms. The number of nitrogens with one attached hydrogen (secondary N) is 2. The number of fused-ring (bicyclic) bond motifs is 4. The van der Waals surface area contributed by atoms with Gasteiger partial charge in [0.25, 0.3) is 0 Å². The van der Waals surface area contributed by atoms with Crippen LogP contribution < -0.4 is 5.32 Å². The summed E-state index contributed by atoms with van der Waals surface area (Å²) in [6.45, 7) is 0.367. The zero-order chi connectivity index (χ0) is 22.8. The molecule has 5 rings (SSSR count). The van der Waals surface area contributed by atoms with E-state index >= 15 is 0 Å². The fourth-order valence-corrected chi connectivity index (χ4v) is 4.31. The Kier molecular flexibility index (Phi) is 5.77. The Morgan fingerprint density at radius 1 is 1.06 bits per heavy atom. The Morgan fingerprint density at radius 2 is 1.76 bits per heavy atom. The van der Waals surface area contributed by atoms with Gasteiger partial charge in [0, 0.05) is 18.7 Å². The van der Waals surface area contributed by atoms with Crippen LogP contribution in [0.15, 0.2) is 67.0 Å². The van der Waals surface area contributed by atoms with E-state index in [1.54, 1.807) is 12.3 Å². The molecular weight excluding hydrogens is 420 g/mol. The molecule has 1 aliphatic rings. The van der Waals surface area contributed by atoms with Gasteiger partial charge in [-0.15, -0.1) is 0 Å². The highest BCUT2D eigenvalue weighted by molar-refractivity contribution is 5.79. The lowest BCUT2D eigenvalue weighted by molar-refractivity contribution is 0.0112. The Labute approximate surface area is 190 Å². The second-order valence-corrected chi connectivity index (χ2v) is 8.06. The number of aromatic nitrogens is 3. The van der Waals surface area contributed by atoms with Crippen molar-refractivity contribution >= 4 is 17.3 Å². The minimum atomic E-state index is -1.21. The van der Waals surface area contributed by atoms with Crippen molar-refractivity contribution in [3.8, 4) is 11.1 Å². The van der Waals surface area contributed by atoms with E-state index in [1.165, 1.54) is 17.3 Å². The van der Waals surface area contributed by atoms with Crippen molar-refractivity contribution in [2.45, 2.75) is 24.5 Å². The van der Waals surface area contributed by atoms with E-state index in [0.717, 1.165) is 11.1 Å². The van der Waals surface area contributed by atoms with Crippen LogP contribution in [0.1, 0.15) is 35.3 Å². The summed E-state index contributed by atoms with van der Waals surface area (Å²) >= 11 is 0. The molecule has 2 aromatic heterocycles. The molecular formula is C25H24N4O4. The first-order valence-corrected chi connectivity index (χ1v) is 10.9. The van der Waals surface area contributed by atoms with Gasteiger partial charge < -0.3 is 25.3 Å². The molecule has 4 N–H and O–H groups in total. The average Bonchev–Trinajstić information content (AvgIpc) is 3.44. The molecule has 4 aromatic rings. The summed E-state index contributed by atoms with van der Waals surface area (Å²) in [6, 6.07) is 18.0. The minimum absolute atomic E-state index is 0.0162. The maximum Gasteiger partial charge on any atom is 0.407 e. The molecule has 168 valence electrons. The normalized spacial score (nSPS) is 14.5. The second-order valence-electron chi connectivity index (χ2n) is 8.06. The zero-order valence-corrected chi connectivity index (χ0v) is 17.8. The highest BCUT2D eigenvalue weighted by Gasteiger charge is 2.29. The molecule has 1 amide bonds. The van der Waals surface area contributed by atoms with Crippen molar-refractivity contribution in [2.24, 2.45) is 0 Å². The standard InChI is InChI=1S/C25H24N4O4/c30-22(23(31)21-13-28-24-20(29-21)9-11-26-24)10-12-27-25(32)33-14-19-17-7-3-1-5-15(17)16-6-2-4-8-18(16)19/h1-9,11,13,19,22-23,30-31H,10,12,14H2,(H,26,28)(H,27,32). The molecule has 8 nitrogen and oxygen atoms in total. The molecule has 2 heterocycles. The van der Waals surface area contributed by atoms with Crippen molar-refractivity contribution < 1.29 is 19.7 Å². The number of nitrogens with zero attached hydrogens (tertiary/aromatic N) is 2. The summed E-state index contributed by atoms with van der Waals surface area (Å²) in [5.41, 5.74) is 6.11. The molecule has 1 aliphatic carbocycles. The number of amides is 1. The SMILES string of the molecule is O=C(NCCC(O)C(O)c1cnc2[nH]ccc2n1)OCC1c2ccccc2-c2ccccc21. The number of carbonyl (C=O) groups is 1. The van der Waals surface area contributed by atoms with Gasteiger partial charge in [-0.1, -0.05) is 48.5 Å². The number of rotatable bonds is 7. The first kappa shape index (κ1) is 21.1. The van der Waals surface area contributed by atoms with Crippen LogP contribution in [0.25, 0.3) is 22.3 Å². The summed E-state index contributed by atoms with van der Waals surface area (Å²) in [7, 11) is 0. The topological polar surface area (TPSA) is 120 Å². The Morgan fingerprint density at radius 3 is 2.48 bits per heavy atom. The van der Waals surface area contributed by atoms with Gasteiger partial charge in [-0.25, -0.2) is 14.8 Å². The van der Waals surface area contributed by atoms with Crippen LogP contribution >= 0.6 is 0 Å². The summed E-state index contributed by atoms with van der Waals surface area (Å²) < 4.78 is 5.49. The Hall–Kier alpha value is -3.75. The number of H-pyrrole nitrogens is 1. The first-order valence-electron chi connectivity index (χ1n) is 10.9. The van der Waals surface area contributed by atoms with Gasteiger partial charge in [-0.3, -0.25) is 0 Å². The van der Waals surface area contributed by atoms with Gasteiger partial charge >= 0.3 is 6.09 Å². The third-order valence-corrected chi connectivity index (χ3v) is 6.00. The fourth-order valence-electron chi connectivity index (χ4n) is 4.31. The smallest absolute Gasteiger partial charge is 0.407 e. The number of aromatic amines is 1. The van der Waals surface area contributed by atoms with Gasteiger partial charge in [0.2, 0.25) is 0 Å². The third-order valence-electron chi connectivity index (χ3n) is 6.00. The molecule has 0 bridgehead atoms. The van der Waals surface area contributed by atoms with Crippen molar-refractivity contribution in [3.05, 3.63) is 83.8 Å². The Balaban J connectivity index is 1.13. The van der Waals surface area contributed by atoms with Crippen molar-refractivity contribution in [1.82, 2.24) is 20.3 Å². The summed E-state index contributed by atoms with van der Waals surface area (Å²) in [5, 5.41) is 23.3. The molecule has 2 aromatic carbocycles. The highest BCUT2D eigenvalue weighted by Crippen LogP contribution is 2.44. The second kappa shape index (κ2) is 9.01. The molecule has 8 heteroatoms. The molecule has 0 saturated carbocycles. The van der Waals surface area contributed by atoms with E-state index in [4.69, 9.17) is 4.74 Å². The largest absolute Gasteiger partial charge is 0.449 e. The van der Waals surface area contributed by atoms with Gasteiger partial charge in [0.15, 0.2) is 5.65 Å². The van der Waals surface area contributed by atoms with Gasteiger partial charge in [-0.05, 0) is 34.7 Å². The number of aliphatic hydroxyl groups excluding tert-OH is 2.